The fourth-order valence-electron chi connectivity index (χ4n) is 1.42. The van der Waals surface area contributed by atoms with Gasteiger partial charge in [-0.2, -0.15) is 5.10 Å². The molecule has 0 radical (unpaired) electrons. The van der Waals surface area contributed by atoms with Gasteiger partial charge in [-0.25, -0.2) is 5.43 Å². The van der Waals surface area contributed by atoms with E-state index in [1.807, 2.05) is 48.1 Å². The Kier molecular flexibility index (Phi) is 3.35. The summed E-state index contributed by atoms with van der Waals surface area (Å²) in [5.41, 5.74) is 4.00. The lowest BCUT2D eigenvalue weighted by Crippen LogP contribution is -2.17. The van der Waals surface area contributed by atoms with E-state index in [-0.39, 0.29) is 5.91 Å². The molecular weight excluding hydrogens is 214 g/mol. The summed E-state index contributed by atoms with van der Waals surface area (Å²) < 4.78 is 1.91. The SMILES string of the molecule is Cn1cccc1/C=N/NC(=O)c1ccccc1. The van der Waals surface area contributed by atoms with E-state index in [0.29, 0.717) is 5.56 Å². The van der Waals surface area contributed by atoms with Gasteiger partial charge in [0.15, 0.2) is 0 Å². The van der Waals surface area contributed by atoms with Gasteiger partial charge >= 0.3 is 0 Å². The van der Waals surface area contributed by atoms with E-state index in [2.05, 4.69) is 10.5 Å². The highest BCUT2D eigenvalue weighted by Gasteiger charge is 2.01. The van der Waals surface area contributed by atoms with Gasteiger partial charge < -0.3 is 4.57 Å². The number of nitrogens with one attached hydrogen (secondary N) is 1. The molecule has 86 valence electrons. The normalized spacial score (nSPS) is 10.6. The fraction of sp³-hybridized carbons (Fsp3) is 0.0769. The lowest BCUT2D eigenvalue weighted by Gasteiger charge is -1.99. The second-order valence-electron chi connectivity index (χ2n) is 3.61. The van der Waals surface area contributed by atoms with Crippen molar-refractivity contribution in [3.05, 3.63) is 59.9 Å². The third-order valence-corrected chi connectivity index (χ3v) is 2.38. The van der Waals surface area contributed by atoms with Crippen molar-refractivity contribution in [1.29, 1.82) is 0 Å². The van der Waals surface area contributed by atoms with E-state index in [4.69, 9.17) is 0 Å². The van der Waals surface area contributed by atoms with Crippen LogP contribution in [-0.2, 0) is 7.05 Å². The summed E-state index contributed by atoms with van der Waals surface area (Å²) in [6, 6.07) is 12.8. The topological polar surface area (TPSA) is 46.4 Å². The summed E-state index contributed by atoms with van der Waals surface area (Å²) >= 11 is 0. The molecule has 17 heavy (non-hydrogen) atoms. The number of carbonyl (C=O) groups excluding carboxylic acids is 1. The molecular formula is C13H13N3O. The van der Waals surface area contributed by atoms with Crippen LogP contribution in [-0.4, -0.2) is 16.7 Å². The molecule has 1 amide bonds. The number of amides is 1. The molecule has 0 spiro atoms. The molecule has 2 aromatic rings. The predicted molar refractivity (Wildman–Crippen MR) is 66.9 cm³/mol. The molecule has 4 nitrogen and oxygen atoms in total. The van der Waals surface area contributed by atoms with Crippen LogP contribution in [0.1, 0.15) is 16.1 Å². The van der Waals surface area contributed by atoms with Crippen LogP contribution < -0.4 is 5.43 Å². The van der Waals surface area contributed by atoms with Gasteiger partial charge in [-0.05, 0) is 24.3 Å². The lowest BCUT2D eigenvalue weighted by molar-refractivity contribution is 0.0955. The molecule has 0 fully saturated rings. The average molecular weight is 227 g/mol. The summed E-state index contributed by atoms with van der Waals surface area (Å²) in [5.74, 6) is -0.212. The molecule has 1 aromatic carbocycles. The molecule has 0 aliphatic carbocycles. The Labute approximate surface area is 99.6 Å². The third kappa shape index (κ3) is 2.81. The summed E-state index contributed by atoms with van der Waals surface area (Å²) in [7, 11) is 1.92. The quantitative estimate of drug-likeness (QED) is 0.630. The molecule has 4 heteroatoms. The largest absolute Gasteiger partial charge is 0.350 e. The Hall–Kier alpha value is -2.36. The first kappa shape index (κ1) is 11.1. The Morgan fingerprint density at radius 2 is 2.00 bits per heavy atom. The zero-order valence-corrected chi connectivity index (χ0v) is 9.50. The number of rotatable bonds is 3. The number of aryl methyl sites for hydroxylation is 1. The second-order valence-corrected chi connectivity index (χ2v) is 3.61. The first-order valence-electron chi connectivity index (χ1n) is 5.27. The number of benzene rings is 1. The van der Waals surface area contributed by atoms with Gasteiger partial charge in [0.1, 0.15) is 0 Å². The van der Waals surface area contributed by atoms with Crippen molar-refractivity contribution in [3.8, 4) is 0 Å². The van der Waals surface area contributed by atoms with E-state index >= 15 is 0 Å². The van der Waals surface area contributed by atoms with E-state index in [9.17, 15) is 4.79 Å². The van der Waals surface area contributed by atoms with Gasteiger partial charge in [0, 0.05) is 18.8 Å². The van der Waals surface area contributed by atoms with Gasteiger partial charge in [0.2, 0.25) is 0 Å². The molecule has 0 bridgehead atoms. The maximum Gasteiger partial charge on any atom is 0.271 e. The van der Waals surface area contributed by atoms with Crippen molar-refractivity contribution in [3.63, 3.8) is 0 Å². The highest BCUT2D eigenvalue weighted by molar-refractivity contribution is 5.94. The minimum absolute atomic E-state index is 0.212. The van der Waals surface area contributed by atoms with Gasteiger partial charge in [-0.1, -0.05) is 18.2 Å². The van der Waals surface area contributed by atoms with Crippen molar-refractivity contribution >= 4 is 12.1 Å². The number of hydrazone groups is 1. The minimum atomic E-state index is -0.212. The summed E-state index contributed by atoms with van der Waals surface area (Å²) in [6.07, 6.45) is 3.53. The Morgan fingerprint density at radius 3 is 2.65 bits per heavy atom. The molecule has 0 aliphatic rings. The molecule has 1 heterocycles. The van der Waals surface area contributed by atoms with E-state index < -0.39 is 0 Å². The maximum absolute atomic E-state index is 11.6. The monoisotopic (exact) mass is 227 g/mol. The first-order chi connectivity index (χ1) is 8.27. The Balaban J connectivity index is 1.97. The number of hydrogen-bond donors (Lipinski definition) is 1. The number of nitrogens with zero attached hydrogens (tertiary/aromatic N) is 2. The molecule has 2 rings (SSSR count). The Morgan fingerprint density at radius 1 is 1.24 bits per heavy atom. The van der Waals surface area contributed by atoms with Crippen molar-refractivity contribution in [1.82, 2.24) is 9.99 Å². The number of carbonyl (C=O) groups is 1. The summed E-state index contributed by atoms with van der Waals surface area (Å²) in [6.45, 7) is 0. The molecule has 1 aromatic heterocycles. The average Bonchev–Trinajstić information content (AvgIpc) is 2.76. The van der Waals surface area contributed by atoms with E-state index in [1.165, 1.54) is 0 Å². The number of hydrogen-bond acceptors (Lipinski definition) is 2. The number of aromatic nitrogens is 1. The highest BCUT2D eigenvalue weighted by atomic mass is 16.2. The smallest absolute Gasteiger partial charge is 0.271 e. The van der Waals surface area contributed by atoms with Crippen molar-refractivity contribution in [2.45, 2.75) is 0 Å². The summed E-state index contributed by atoms with van der Waals surface area (Å²) in [5, 5.41) is 3.91. The summed E-state index contributed by atoms with van der Waals surface area (Å²) in [4.78, 5) is 11.6. The van der Waals surface area contributed by atoms with E-state index in [1.54, 1.807) is 18.3 Å². The third-order valence-electron chi connectivity index (χ3n) is 2.38. The fourth-order valence-corrected chi connectivity index (χ4v) is 1.42. The molecule has 0 unspecified atom stereocenters. The van der Waals surface area contributed by atoms with E-state index in [0.717, 1.165) is 5.69 Å². The second kappa shape index (κ2) is 5.12. The van der Waals surface area contributed by atoms with Crippen LogP contribution in [0.2, 0.25) is 0 Å². The van der Waals surface area contributed by atoms with Gasteiger partial charge in [0.05, 0.1) is 11.9 Å². The Bertz CT molecular complexity index is 529. The lowest BCUT2D eigenvalue weighted by atomic mass is 10.2. The standard InChI is InChI=1S/C13H13N3O/c1-16-9-5-8-12(16)10-14-15-13(17)11-6-3-2-4-7-11/h2-10H,1H3,(H,15,17)/b14-10+. The van der Waals surface area contributed by atoms with Gasteiger partial charge in [-0.3, -0.25) is 4.79 Å². The predicted octanol–water partition coefficient (Wildman–Crippen LogP) is 1.79. The maximum atomic E-state index is 11.6. The minimum Gasteiger partial charge on any atom is -0.350 e. The molecule has 0 saturated heterocycles. The van der Waals surface area contributed by atoms with Crippen LogP contribution in [0, 0.1) is 0 Å². The highest BCUT2D eigenvalue weighted by Crippen LogP contribution is 1.98. The first-order valence-corrected chi connectivity index (χ1v) is 5.27. The van der Waals surface area contributed by atoms with Crippen molar-refractivity contribution in [2.75, 3.05) is 0 Å². The van der Waals surface area contributed by atoms with Crippen LogP contribution in [0.15, 0.2) is 53.8 Å². The van der Waals surface area contributed by atoms with Crippen LogP contribution in [0.3, 0.4) is 0 Å². The van der Waals surface area contributed by atoms with Gasteiger partial charge in [0.25, 0.3) is 5.91 Å². The van der Waals surface area contributed by atoms with Crippen LogP contribution in [0.4, 0.5) is 0 Å². The zero-order valence-electron chi connectivity index (χ0n) is 9.50. The van der Waals surface area contributed by atoms with Gasteiger partial charge in [-0.15, -0.1) is 0 Å². The van der Waals surface area contributed by atoms with Crippen molar-refractivity contribution in [2.24, 2.45) is 12.1 Å². The zero-order chi connectivity index (χ0) is 12.1. The molecule has 0 saturated carbocycles. The van der Waals surface area contributed by atoms with Crippen molar-refractivity contribution < 1.29 is 4.79 Å². The molecule has 0 aliphatic heterocycles. The molecule has 0 atom stereocenters. The van der Waals surface area contributed by atoms with Crippen LogP contribution in [0.5, 0.6) is 0 Å². The van der Waals surface area contributed by atoms with Crippen LogP contribution >= 0.6 is 0 Å². The molecule has 1 N–H and O–H groups in total. The van der Waals surface area contributed by atoms with Crippen LogP contribution in [0.25, 0.3) is 0 Å².